The molecule has 5 rings (SSSR count). The molecule has 0 fully saturated rings. The molecule has 0 amide bonds. The molecule has 1 aliphatic rings. The highest BCUT2D eigenvalue weighted by Gasteiger charge is 2.15. The zero-order valence-electron chi connectivity index (χ0n) is 12.6. The number of fused-ring (bicyclic) bond motifs is 4. The predicted octanol–water partition coefficient (Wildman–Crippen LogP) is 4.12. The summed E-state index contributed by atoms with van der Waals surface area (Å²) in [6.45, 7) is 0.300. The zero-order chi connectivity index (χ0) is 15.4. The maximum absolute atomic E-state index is 5.49. The van der Waals surface area contributed by atoms with Crippen molar-refractivity contribution in [3.05, 3.63) is 54.9 Å². The molecule has 2 aromatic carbocycles. The van der Waals surface area contributed by atoms with Crippen LogP contribution in [-0.4, -0.2) is 16.3 Å². The number of pyridine rings is 1. The summed E-state index contributed by atoms with van der Waals surface area (Å²) >= 11 is 0. The van der Waals surface area contributed by atoms with Gasteiger partial charge in [0.15, 0.2) is 11.5 Å². The first-order chi connectivity index (χ1) is 11.3. The molecule has 0 atom stereocenters. The molecule has 0 radical (unpaired) electrons. The summed E-state index contributed by atoms with van der Waals surface area (Å²) in [6.07, 6.45) is 3.75. The van der Waals surface area contributed by atoms with Crippen LogP contribution in [0.2, 0.25) is 0 Å². The number of hydrogen-bond donors (Lipinski definition) is 0. The van der Waals surface area contributed by atoms with Gasteiger partial charge in [0.1, 0.15) is 0 Å². The standard InChI is InChI=1S/C19H14N2O2/c1-21-16-4-2-12(8-15(16)14-6-7-20-10-17(14)21)13-3-5-18-19(9-13)23-11-22-18/h2-10H,11H2,1H3. The summed E-state index contributed by atoms with van der Waals surface area (Å²) < 4.78 is 13.1. The third kappa shape index (κ3) is 1.75. The average Bonchev–Trinajstić information content (AvgIpc) is 3.18. The molecule has 4 nitrogen and oxygen atoms in total. The Kier molecular flexibility index (Phi) is 2.45. The van der Waals surface area contributed by atoms with Crippen LogP contribution in [0, 0.1) is 0 Å². The van der Waals surface area contributed by atoms with Gasteiger partial charge in [0.25, 0.3) is 0 Å². The van der Waals surface area contributed by atoms with Gasteiger partial charge in [-0.15, -0.1) is 0 Å². The molecule has 0 spiro atoms. The maximum Gasteiger partial charge on any atom is 0.231 e. The Morgan fingerprint density at radius 1 is 0.870 bits per heavy atom. The van der Waals surface area contributed by atoms with Crippen LogP contribution in [0.5, 0.6) is 11.5 Å². The van der Waals surface area contributed by atoms with Crippen molar-refractivity contribution in [2.24, 2.45) is 7.05 Å². The molecular formula is C19H14N2O2. The molecule has 4 heteroatoms. The highest BCUT2D eigenvalue weighted by atomic mass is 16.7. The number of nitrogens with zero attached hydrogens (tertiary/aromatic N) is 2. The summed E-state index contributed by atoms with van der Waals surface area (Å²) in [7, 11) is 2.08. The number of rotatable bonds is 1. The van der Waals surface area contributed by atoms with Gasteiger partial charge in [0.2, 0.25) is 6.79 Å². The lowest BCUT2D eigenvalue weighted by Gasteiger charge is -2.05. The van der Waals surface area contributed by atoms with Crippen molar-refractivity contribution in [1.82, 2.24) is 9.55 Å². The molecule has 0 unspecified atom stereocenters. The molecule has 0 saturated heterocycles. The van der Waals surface area contributed by atoms with E-state index < -0.39 is 0 Å². The normalized spacial score (nSPS) is 13.1. The minimum Gasteiger partial charge on any atom is -0.454 e. The fourth-order valence-corrected chi connectivity index (χ4v) is 3.31. The van der Waals surface area contributed by atoms with Crippen LogP contribution < -0.4 is 9.47 Å². The molecular weight excluding hydrogens is 288 g/mol. The van der Waals surface area contributed by atoms with E-state index >= 15 is 0 Å². The van der Waals surface area contributed by atoms with Gasteiger partial charge in [0.05, 0.1) is 11.7 Å². The molecule has 3 heterocycles. The van der Waals surface area contributed by atoms with E-state index in [-0.39, 0.29) is 0 Å². The second kappa shape index (κ2) is 4.49. The molecule has 0 bridgehead atoms. The largest absolute Gasteiger partial charge is 0.454 e. The number of ether oxygens (including phenoxy) is 2. The molecule has 23 heavy (non-hydrogen) atoms. The van der Waals surface area contributed by atoms with Crippen LogP contribution in [0.1, 0.15) is 0 Å². The zero-order valence-corrected chi connectivity index (χ0v) is 12.6. The van der Waals surface area contributed by atoms with Gasteiger partial charge in [-0.05, 0) is 41.5 Å². The van der Waals surface area contributed by atoms with E-state index in [2.05, 4.69) is 46.9 Å². The van der Waals surface area contributed by atoms with Gasteiger partial charge in [-0.3, -0.25) is 4.98 Å². The Hall–Kier alpha value is -3.01. The van der Waals surface area contributed by atoms with E-state index in [9.17, 15) is 0 Å². The molecule has 1 aliphatic heterocycles. The Labute approximate surface area is 132 Å². The Bertz CT molecular complexity index is 1070. The monoisotopic (exact) mass is 302 g/mol. The first-order valence-corrected chi connectivity index (χ1v) is 7.53. The molecule has 0 saturated carbocycles. The Morgan fingerprint density at radius 2 is 1.70 bits per heavy atom. The summed E-state index contributed by atoms with van der Waals surface area (Å²) in [5.74, 6) is 1.62. The first-order valence-electron chi connectivity index (χ1n) is 7.53. The summed E-state index contributed by atoms with van der Waals surface area (Å²) in [4.78, 5) is 4.24. The van der Waals surface area contributed by atoms with E-state index in [0.717, 1.165) is 22.6 Å². The van der Waals surface area contributed by atoms with Crippen molar-refractivity contribution in [3.8, 4) is 22.6 Å². The maximum atomic E-state index is 5.49. The van der Waals surface area contributed by atoms with Crippen molar-refractivity contribution in [2.45, 2.75) is 0 Å². The summed E-state index contributed by atoms with van der Waals surface area (Å²) in [6, 6.07) is 14.7. The molecule has 112 valence electrons. The van der Waals surface area contributed by atoms with E-state index in [1.54, 1.807) is 0 Å². The van der Waals surface area contributed by atoms with E-state index in [1.165, 1.54) is 21.9 Å². The molecule has 2 aromatic heterocycles. The van der Waals surface area contributed by atoms with Gasteiger partial charge < -0.3 is 14.0 Å². The van der Waals surface area contributed by atoms with Gasteiger partial charge in [-0.25, -0.2) is 0 Å². The van der Waals surface area contributed by atoms with Crippen molar-refractivity contribution < 1.29 is 9.47 Å². The smallest absolute Gasteiger partial charge is 0.231 e. The van der Waals surface area contributed by atoms with Crippen molar-refractivity contribution in [2.75, 3.05) is 6.79 Å². The number of aryl methyl sites for hydroxylation is 1. The molecule has 0 aliphatic carbocycles. The minimum absolute atomic E-state index is 0.300. The number of benzene rings is 2. The quantitative estimate of drug-likeness (QED) is 0.530. The second-order valence-electron chi connectivity index (χ2n) is 5.75. The minimum atomic E-state index is 0.300. The number of aromatic nitrogens is 2. The van der Waals surface area contributed by atoms with Gasteiger partial charge in [-0.1, -0.05) is 12.1 Å². The van der Waals surface area contributed by atoms with E-state index in [1.807, 2.05) is 24.5 Å². The first kappa shape index (κ1) is 12.5. The van der Waals surface area contributed by atoms with Crippen LogP contribution in [0.15, 0.2) is 54.9 Å². The Morgan fingerprint density at radius 3 is 2.65 bits per heavy atom. The fraction of sp³-hybridized carbons (Fsp3) is 0.105. The lowest BCUT2D eigenvalue weighted by Crippen LogP contribution is -1.92. The van der Waals surface area contributed by atoms with Gasteiger partial charge >= 0.3 is 0 Å². The third-order valence-electron chi connectivity index (χ3n) is 4.52. The topological polar surface area (TPSA) is 36.3 Å². The van der Waals surface area contributed by atoms with Crippen molar-refractivity contribution >= 4 is 21.8 Å². The number of hydrogen-bond acceptors (Lipinski definition) is 3. The molecule has 0 N–H and O–H groups in total. The van der Waals surface area contributed by atoms with Crippen LogP contribution in [0.4, 0.5) is 0 Å². The lowest BCUT2D eigenvalue weighted by molar-refractivity contribution is 0.174. The van der Waals surface area contributed by atoms with Crippen LogP contribution in [-0.2, 0) is 7.05 Å². The van der Waals surface area contributed by atoms with Gasteiger partial charge in [0, 0.05) is 29.5 Å². The SMILES string of the molecule is Cn1c2ccc(-c3ccc4c(c3)OCO4)cc2c2ccncc21. The predicted molar refractivity (Wildman–Crippen MR) is 89.8 cm³/mol. The van der Waals surface area contributed by atoms with Gasteiger partial charge in [-0.2, -0.15) is 0 Å². The molecule has 4 aromatic rings. The lowest BCUT2D eigenvalue weighted by atomic mass is 10.0. The second-order valence-corrected chi connectivity index (χ2v) is 5.75. The summed E-state index contributed by atoms with van der Waals surface area (Å²) in [5.41, 5.74) is 4.64. The van der Waals surface area contributed by atoms with Crippen LogP contribution >= 0.6 is 0 Å². The van der Waals surface area contributed by atoms with Crippen LogP contribution in [0.3, 0.4) is 0 Å². The fourth-order valence-electron chi connectivity index (χ4n) is 3.31. The third-order valence-corrected chi connectivity index (χ3v) is 4.52. The summed E-state index contributed by atoms with van der Waals surface area (Å²) in [5, 5.41) is 2.46. The Balaban J connectivity index is 1.75. The van der Waals surface area contributed by atoms with E-state index in [4.69, 9.17) is 9.47 Å². The average molecular weight is 302 g/mol. The highest BCUT2D eigenvalue weighted by Crippen LogP contribution is 2.37. The van der Waals surface area contributed by atoms with Crippen molar-refractivity contribution in [1.29, 1.82) is 0 Å². The highest BCUT2D eigenvalue weighted by molar-refractivity contribution is 6.08. The van der Waals surface area contributed by atoms with Crippen molar-refractivity contribution in [3.63, 3.8) is 0 Å². The van der Waals surface area contributed by atoms with Crippen LogP contribution in [0.25, 0.3) is 32.9 Å². The van der Waals surface area contributed by atoms with E-state index in [0.29, 0.717) is 6.79 Å².